The smallest absolute Gasteiger partial charge is 0.119 e. The summed E-state index contributed by atoms with van der Waals surface area (Å²) in [5.41, 5.74) is 0.822. The minimum Gasteiger partial charge on any atom is -0.494 e. The molecule has 0 amide bonds. The van der Waals surface area contributed by atoms with Crippen molar-refractivity contribution >= 4 is 5.69 Å². The van der Waals surface area contributed by atoms with E-state index in [4.69, 9.17) is 10.00 Å². The van der Waals surface area contributed by atoms with E-state index in [-0.39, 0.29) is 5.41 Å². The molecule has 1 aromatic carbocycles. The quantitative estimate of drug-likeness (QED) is 0.764. The average molecular weight is 232 g/mol. The monoisotopic (exact) mass is 232 g/mol. The van der Waals surface area contributed by atoms with E-state index in [1.54, 1.807) is 0 Å². The molecule has 0 fully saturated rings. The van der Waals surface area contributed by atoms with Crippen LogP contribution >= 0.6 is 0 Å². The molecule has 1 rings (SSSR count). The molecule has 0 heterocycles. The summed E-state index contributed by atoms with van der Waals surface area (Å²) in [6.45, 7) is 4.56. The Kier molecular flexibility index (Phi) is 4.84. The van der Waals surface area contributed by atoms with Gasteiger partial charge in [0, 0.05) is 12.7 Å². The third-order valence-electron chi connectivity index (χ3n) is 2.66. The Morgan fingerprint density at radius 1 is 1.29 bits per heavy atom. The van der Waals surface area contributed by atoms with Crippen LogP contribution in [-0.2, 0) is 0 Å². The van der Waals surface area contributed by atoms with Gasteiger partial charge in [0.1, 0.15) is 5.75 Å². The Morgan fingerprint density at radius 2 is 1.94 bits per heavy atom. The van der Waals surface area contributed by atoms with Crippen molar-refractivity contribution in [1.82, 2.24) is 0 Å². The lowest BCUT2D eigenvalue weighted by atomic mass is 9.90. The van der Waals surface area contributed by atoms with Gasteiger partial charge >= 0.3 is 0 Å². The van der Waals surface area contributed by atoms with Crippen molar-refractivity contribution in [3.63, 3.8) is 0 Å². The summed E-state index contributed by atoms with van der Waals surface area (Å²) >= 11 is 0. The molecule has 0 aliphatic rings. The number of hydrogen-bond acceptors (Lipinski definition) is 3. The van der Waals surface area contributed by atoms with Gasteiger partial charge in [-0.1, -0.05) is 0 Å². The third-order valence-corrected chi connectivity index (χ3v) is 2.66. The molecule has 0 saturated heterocycles. The molecule has 0 atom stereocenters. The zero-order valence-corrected chi connectivity index (χ0v) is 10.8. The van der Waals surface area contributed by atoms with E-state index in [0.717, 1.165) is 24.3 Å². The first-order valence-electron chi connectivity index (χ1n) is 5.89. The van der Waals surface area contributed by atoms with Crippen LogP contribution in [0.3, 0.4) is 0 Å². The predicted molar refractivity (Wildman–Crippen MR) is 70.1 cm³/mol. The maximum Gasteiger partial charge on any atom is 0.119 e. The summed E-state index contributed by atoms with van der Waals surface area (Å²) in [6, 6.07) is 10.1. The van der Waals surface area contributed by atoms with Crippen LogP contribution in [-0.4, -0.2) is 13.7 Å². The molecule has 0 saturated carbocycles. The molecule has 0 aliphatic heterocycles. The second kappa shape index (κ2) is 6.15. The van der Waals surface area contributed by atoms with Crippen molar-refractivity contribution in [3.05, 3.63) is 24.3 Å². The average Bonchev–Trinajstić information content (AvgIpc) is 2.35. The molecular weight excluding hydrogens is 212 g/mol. The second-order valence-corrected chi connectivity index (χ2v) is 4.72. The first-order chi connectivity index (χ1) is 8.07. The predicted octanol–water partition coefficient (Wildman–Crippen LogP) is 3.44. The molecule has 0 spiro atoms. The molecule has 3 heteroatoms. The third kappa shape index (κ3) is 4.78. The lowest BCUT2D eigenvalue weighted by Crippen LogP contribution is -2.10. The largest absolute Gasteiger partial charge is 0.494 e. The summed E-state index contributed by atoms with van der Waals surface area (Å²) in [5.74, 6) is 0.874. The van der Waals surface area contributed by atoms with E-state index in [1.165, 1.54) is 0 Å². The van der Waals surface area contributed by atoms with Gasteiger partial charge < -0.3 is 10.1 Å². The van der Waals surface area contributed by atoms with Gasteiger partial charge in [0.15, 0.2) is 0 Å². The van der Waals surface area contributed by atoms with E-state index in [2.05, 4.69) is 11.4 Å². The van der Waals surface area contributed by atoms with Crippen LogP contribution in [0.4, 0.5) is 5.69 Å². The van der Waals surface area contributed by atoms with Crippen LogP contribution in [0.25, 0.3) is 0 Å². The number of nitrogens with one attached hydrogen (secondary N) is 1. The molecule has 3 nitrogen and oxygen atoms in total. The minimum atomic E-state index is -0.251. The van der Waals surface area contributed by atoms with Crippen LogP contribution in [0.1, 0.15) is 26.7 Å². The van der Waals surface area contributed by atoms with Crippen LogP contribution in [0.2, 0.25) is 0 Å². The highest BCUT2D eigenvalue weighted by Crippen LogP contribution is 2.21. The first kappa shape index (κ1) is 13.4. The number of anilines is 1. The highest BCUT2D eigenvalue weighted by molar-refractivity contribution is 5.45. The normalized spacial score (nSPS) is 10.7. The molecule has 0 radical (unpaired) electrons. The van der Waals surface area contributed by atoms with Gasteiger partial charge in [0.05, 0.1) is 18.1 Å². The zero-order chi connectivity index (χ0) is 12.7. The molecule has 0 aromatic heterocycles. The fraction of sp³-hybridized carbons (Fsp3) is 0.500. The molecular formula is C14H20N2O. The van der Waals surface area contributed by atoms with Crippen LogP contribution in [0.15, 0.2) is 24.3 Å². The van der Waals surface area contributed by atoms with Crippen molar-refractivity contribution in [2.75, 3.05) is 19.0 Å². The van der Waals surface area contributed by atoms with Gasteiger partial charge in [0.25, 0.3) is 0 Å². The molecule has 17 heavy (non-hydrogen) atoms. The molecule has 1 aromatic rings. The highest BCUT2D eigenvalue weighted by Gasteiger charge is 2.15. The van der Waals surface area contributed by atoms with Crippen molar-refractivity contribution in [1.29, 1.82) is 5.26 Å². The van der Waals surface area contributed by atoms with Crippen molar-refractivity contribution < 1.29 is 4.74 Å². The molecule has 0 aliphatic carbocycles. The van der Waals surface area contributed by atoms with Crippen LogP contribution < -0.4 is 10.1 Å². The second-order valence-electron chi connectivity index (χ2n) is 4.72. The Bertz CT molecular complexity index is 376. The number of benzene rings is 1. The number of nitriles is 1. The lowest BCUT2D eigenvalue weighted by Gasteiger charge is -2.14. The Balaban J connectivity index is 2.29. The standard InChI is InChI=1S/C14H20N2O/c1-14(2,11-15)9-4-10-17-13-7-5-12(16-3)6-8-13/h5-8,16H,4,9-10H2,1-3H3. The maximum absolute atomic E-state index is 8.87. The minimum absolute atomic E-state index is 0.251. The summed E-state index contributed by atoms with van der Waals surface area (Å²) in [5, 5.41) is 11.9. The topological polar surface area (TPSA) is 45.0 Å². The van der Waals surface area contributed by atoms with Gasteiger partial charge in [-0.05, 0) is 51.0 Å². The fourth-order valence-electron chi connectivity index (χ4n) is 1.48. The maximum atomic E-state index is 8.87. The highest BCUT2D eigenvalue weighted by atomic mass is 16.5. The summed E-state index contributed by atoms with van der Waals surface area (Å²) in [6.07, 6.45) is 1.76. The van der Waals surface area contributed by atoms with Crippen molar-refractivity contribution in [2.24, 2.45) is 5.41 Å². The van der Waals surface area contributed by atoms with Crippen LogP contribution in [0, 0.1) is 16.7 Å². The summed E-state index contributed by atoms with van der Waals surface area (Å²) in [7, 11) is 1.89. The van der Waals surface area contributed by atoms with Gasteiger partial charge in [0.2, 0.25) is 0 Å². The fourth-order valence-corrected chi connectivity index (χ4v) is 1.48. The van der Waals surface area contributed by atoms with E-state index in [9.17, 15) is 0 Å². The first-order valence-corrected chi connectivity index (χ1v) is 5.89. The molecule has 0 unspecified atom stereocenters. The molecule has 1 N–H and O–H groups in total. The van der Waals surface area contributed by atoms with Gasteiger partial charge in [-0.25, -0.2) is 0 Å². The SMILES string of the molecule is CNc1ccc(OCCCC(C)(C)C#N)cc1. The number of nitrogens with zero attached hydrogens (tertiary/aromatic N) is 1. The Labute approximate surface area is 103 Å². The Hall–Kier alpha value is -1.69. The van der Waals surface area contributed by atoms with Gasteiger partial charge in [-0.3, -0.25) is 0 Å². The van der Waals surface area contributed by atoms with E-state index >= 15 is 0 Å². The van der Waals surface area contributed by atoms with Crippen molar-refractivity contribution in [2.45, 2.75) is 26.7 Å². The lowest BCUT2D eigenvalue weighted by molar-refractivity contribution is 0.284. The molecule has 0 bridgehead atoms. The number of ether oxygens (including phenoxy) is 1. The summed E-state index contributed by atoms with van der Waals surface area (Å²) in [4.78, 5) is 0. The Morgan fingerprint density at radius 3 is 2.47 bits per heavy atom. The van der Waals surface area contributed by atoms with Crippen molar-refractivity contribution in [3.8, 4) is 11.8 Å². The zero-order valence-electron chi connectivity index (χ0n) is 10.8. The van der Waals surface area contributed by atoms with Gasteiger partial charge in [-0.15, -0.1) is 0 Å². The van der Waals surface area contributed by atoms with E-state index in [0.29, 0.717) is 6.61 Å². The number of hydrogen-bond donors (Lipinski definition) is 1. The van der Waals surface area contributed by atoms with E-state index in [1.807, 2.05) is 45.2 Å². The van der Waals surface area contributed by atoms with Crippen LogP contribution in [0.5, 0.6) is 5.75 Å². The summed E-state index contributed by atoms with van der Waals surface area (Å²) < 4.78 is 5.61. The molecule has 92 valence electrons. The number of rotatable bonds is 6. The van der Waals surface area contributed by atoms with Gasteiger partial charge in [-0.2, -0.15) is 5.26 Å². The van der Waals surface area contributed by atoms with E-state index < -0.39 is 0 Å².